The smallest absolute Gasteiger partial charge is 0.242 e. The molecule has 0 radical (unpaired) electrons. The Morgan fingerprint density at radius 2 is 1.92 bits per heavy atom. The predicted molar refractivity (Wildman–Crippen MR) is 49.1 cm³/mol. The highest BCUT2D eigenvalue weighted by molar-refractivity contribution is 5.92. The van der Waals surface area contributed by atoms with Crippen LogP contribution in [0, 0.1) is 0 Å². The highest BCUT2D eigenvalue weighted by Crippen LogP contribution is 2.04. The van der Waals surface area contributed by atoms with Gasteiger partial charge in [0.05, 0.1) is 13.1 Å². The Hall–Kier alpha value is -1.06. The Bertz CT molecular complexity index is 216. The number of carbonyl (C=O) groups is 2. The van der Waals surface area contributed by atoms with Gasteiger partial charge in [-0.2, -0.15) is 0 Å². The van der Waals surface area contributed by atoms with Gasteiger partial charge in [-0.3, -0.25) is 9.59 Å². The van der Waals surface area contributed by atoms with E-state index < -0.39 is 0 Å². The van der Waals surface area contributed by atoms with Crippen LogP contribution in [-0.2, 0) is 9.59 Å². The molecule has 4 nitrogen and oxygen atoms in total. The molecular weight excluding hydrogens is 168 g/mol. The van der Waals surface area contributed by atoms with Crippen LogP contribution in [0.3, 0.4) is 0 Å². The molecule has 0 aromatic carbocycles. The number of nitrogens with zero attached hydrogens (tertiary/aromatic N) is 2. The average molecular weight is 184 g/mol. The lowest BCUT2D eigenvalue weighted by molar-refractivity contribution is -0.148. The van der Waals surface area contributed by atoms with Crippen molar-refractivity contribution in [2.75, 3.05) is 26.7 Å². The predicted octanol–water partition coefficient (Wildman–Crippen LogP) is 0.0871. The minimum atomic E-state index is 0.0377. The third kappa shape index (κ3) is 2.44. The number of amides is 2. The molecule has 1 saturated heterocycles. The molecular formula is C9H16N2O2. The normalized spacial score (nSPS) is 18.3. The summed E-state index contributed by atoms with van der Waals surface area (Å²) in [4.78, 5) is 25.8. The van der Waals surface area contributed by atoms with Crippen LogP contribution >= 0.6 is 0 Å². The van der Waals surface area contributed by atoms with Crippen molar-refractivity contribution in [1.29, 1.82) is 0 Å². The number of unbranched alkanes of at least 4 members (excludes halogenated alkanes) is 1. The van der Waals surface area contributed by atoms with E-state index >= 15 is 0 Å². The van der Waals surface area contributed by atoms with E-state index in [1.807, 2.05) is 0 Å². The van der Waals surface area contributed by atoms with Gasteiger partial charge in [-0.15, -0.1) is 0 Å². The molecule has 0 N–H and O–H groups in total. The van der Waals surface area contributed by atoms with E-state index in [2.05, 4.69) is 6.92 Å². The van der Waals surface area contributed by atoms with Crippen LogP contribution in [0.4, 0.5) is 0 Å². The molecule has 1 aliphatic heterocycles. The molecule has 1 heterocycles. The topological polar surface area (TPSA) is 40.6 Å². The lowest BCUT2D eigenvalue weighted by atomic mass is 10.2. The zero-order chi connectivity index (χ0) is 9.84. The fourth-order valence-electron chi connectivity index (χ4n) is 1.32. The lowest BCUT2D eigenvalue weighted by Gasteiger charge is -2.31. The van der Waals surface area contributed by atoms with Crippen LogP contribution < -0.4 is 0 Å². The maximum absolute atomic E-state index is 11.4. The Labute approximate surface area is 78.5 Å². The quantitative estimate of drug-likeness (QED) is 0.623. The van der Waals surface area contributed by atoms with Gasteiger partial charge in [0, 0.05) is 13.6 Å². The molecule has 1 fully saturated rings. The van der Waals surface area contributed by atoms with Crippen LogP contribution in [-0.4, -0.2) is 48.3 Å². The van der Waals surface area contributed by atoms with E-state index in [9.17, 15) is 9.59 Å². The highest BCUT2D eigenvalue weighted by atomic mass is 16.2. The molecule has 0 unspecified atom stereocenters. The van der Waals surface area contributed by atoms with Crippen molar-refractivity contribution >= 4 is 11.8 Å². The van der Waals surface area contributed by atoms with Crippen molar-refractivity contribution in [2.24, 2.45) is 0 Å². The Morgan fingerprint density at radius 3 is 2.54 bits per heavy atom. The Morgan fingerprint density at radius 1 is 1.23 bits per heavy atom. The number of hydrogen-bond acceptors (Lipinski definition) is 2. The fraction of sp³-hybridized carbons (Fsp3) is 0.778. The SMILES string of the molecule is CCCCN1CC(=O)N(C)CC1=O. The Balaban J connectivity index is 2.46. The van der Waals surface area contributed by atoms with Gasteiger partial charge < -0.3 is 9.80 Å². The largest absolute Gasteiger partial charge is 0.335 e. The third-order valence-electron chi connectivity index (χ3n) is 2.26. The standard InChI is InChI=1S/C9H16N2O2/c1-3-4-5-11-7-8(12)10(2)6-9(11)13/h3-7H2,1-2H3. The molecule has 13 heavy (non-hydrogen) atoms. The van der Waals surface area contributed by atoms with Gasteiger partial charge in [0.25, 0.3) is 0 Å². The molecule has 4 heteroatoms. The number of carbonyl (C=O) groups excluding carboxylic acids is 2. The van der Waals surface area contributed by atoms with Crippen LogP contribution in [0.5, 0.6) is 0 Å². The molecule has 1 aliphatic rings. The van der Waals surface area contributed by atoms with Gasteiger partial charge in [-0.05, 0) is 6.42 Å². The summed E-state index contributed by atoms with van der Waals surface area (Å²) in [5, 5.41) is 0. The zero-order valence-corrected chi connectivity index (χ0v) is 8.25. The molecule has 0 aromatic heterocycles. The van der Waals surface area contributed by atoms with E-state index in [1.165, 1.54) is 4.90 Å². The molecule has 1 rings (SSSR count). The number of rotatable bonds is 3. The zero-order valence-electron chi connectivity index (χ0n) is 8.25. The third-order valence-corrected chi connectivity index (χ3v) is 2.26. The summed E-state index contributed by atoms with van der Waals surface area (Å²) >= 11 is 0. The molecule has 0 bridgehead atoms. The minimum absolute atomic E-state index is 0.0377. The molecule has 0 saturated carbocycles. The number of piperazine rings is 1. The second kappa shape index (κ2) is 4.25. The first-order chi connectivity index (χ1) is 6.15. The fourth-order valence-corrected chi connectivity index (χ4v) is 1.32. The summed E-state index contributed by atoms with van der Waals surface area (Å²) in [5.74, 6) is 0.103. The summed E-state index contributed by atoms with van der Waals surface area (Å²) in [7, 11) is 1.66. The first-order valence-corrected chi connectivity index (χ1v) is 4.67. The van der Waals surface area contributed by atoms with Crippen molar-refractivity contribution in [3.05, 3.63) is 0 Å². The van der Waals surface area contributed by atoms with Gasteiger partial charge >= 0.3 is 0 Å². The minimum Gasteiger partial charge on any atom is -0.335 e. The summed E-state index contributed by atoms with van der Waals surface area (Å²) in [6.45, 7) is 3.29. The summed E-state index contributed by atoms with van der Waals surface area (Å²) in [6.07, 6.45) is 2.02. The molecule has 74 valence electrons. The van der Waals surface area contributed by atoms with Gasteiger partial charge in [-0.25, -0.2) is 0 Å². The summed E-state index contributed by atoms with van der Waals surface area (Å²) in [6, 6.07) is 0. The van der Waals surface area contributed by atoms with Crippen LogP contribution in [0.1, 0.15) is 19.8 Å². The number of likely N-dealkylation sites (N-methyl/N-ethyl adjacent to an activating group) is 1. The van der Waals surface area contributed by atoms with Gasteiger partial charge in [-0.1, -0.05) is 13.3 Å². The molecule has 0 atom stereocenters. The van der Waals surface area contributed by atoms with Crippen molar-refractivity contribution in [3.8, 4) is 0 Å². The van der Waals surface area contributed by atoms with E-state index in [0.29, 0.717) is 0 Å². The van der Waals surface area contributed by atoms with Crippen LogP contribution in [0.15, 0.2) is 0 Å². The lowest BCUT2D eigenvalue weighted by Crippen LogP contribution is -2.52. The van der Waals surface area contributed by atoms with Crippen LogP contribution in [0.2, 0.25) is 0 Å². The first kappa shape index (κ1) is 10.0. The van der Waals surface area contributed by atoms with E-state index in [0.717, 1.165) is 19.4 Å². The summed E-state index contributed by atoms with van der Waals surface area (Å²) < 4.78 is 0. The van der Waals surface area contributed by atoms with E-state index in [-0.39, 0.29) is 24.9 Å². The molecule has 0 aromatic rings. The van der Waals surface area contributed by atoms with Crippen molar-refractivity contribution in [2.45, 2.75) is 19.8 Å². The van der Waals surface area contributed by atoms with E-state index in [1.54, 1.807) is 11.9 Å². The van der Waals surface area contributed by atoms with Gasteiger partial charge in [0.2, 0.25) is 11.8 Å². The second-order valence-corrected chi connectivity index (χ2v) is 3.42. The van der Waals surface area contributed by atoms with Crippen LogP contribution in [0.25, 0.3) is 0 Å². The monoisotopic (exact) mass is 184 g/mol. The average Bonchev–Trinajstić information content (AvgIpc) is 2.09. The summed E-state index contributed by atoms with van der Waals surface area (Å²) in [5.41, 5.74) is 0. The van der Waals surface area contributed by atoms with Crippen molar-refractivity contribution < 1.29 is 9.59 Å². The van der Waals surface area contributed by atoms with Crippen molar-refractivity contribution in [1.82, 2.24) is 9.80 Å². The maximum Gasteiger partial charge on any atom is 0.242 e. The molecule has 2 amide bonds. The first-order valence-electron chi connectivity index (χ1n) is 4.67. The van der Waals surface area contributed by atoms with Crippen molar-refractivity contribution in [3.63, 3.8) is 0 Å². The van der Waals surface area contributed by atoms with Gasteiger partial charge in [0.15, 0.2) is 0 Å². The number of hydrogen-bond donors (Lipinski definition) is 0. The van der Waals surface area contributed by atoms with Gasteiger partial charge in [0.1, 0.15) is 0 Å². The Kier molecular flexibility index (Phi) is 3.28. The molecule has 0 spiro atoms. The van der Waals surface area contributed by atoms with E-state index in [4.69, 9.17) is 0 Å². The highest BCUT2D eigenvalue weighted by Gasteiger charge is 2.26. The molecule has 0 aliphatic carbocycles. The second-order valence-electron chi connectivity index (χ2n) is 3.42. The maximum atomic E-state index is 11.4.